The summed E-state index contributed by atoms with van der Waals surface area (Å²) in [5.74, 6) is 3.13. The molecule has 0 spiro atoms. The summed E-state index contributed by atoms with van der Waals surface area (Å²) in [5, 5.41) is 9.23. The van der Waals surface area contributed by atoms with Gasteiger partial charge in [0.1, 0.15) is 23.0 Å². The second kappa shape index (κ2) is 10.4. The summed E-state index contributed by atoms with van der Waals surface area (Å²) in [6.07, 6.45) is 4.54. The summed E-state index contributed by atoms with van der Waals surface area (Å²) in [6, 6.07) is 5.72. The Kier molecular flexibility index (Phi) is 7.34. The number of rotatable bonds is 9. The molecule has 2 aromatic heterocycles. The minimum absolute atomic E-state index is 0.145. The first-order valence-corrected chi connectivity index (χ1v) is 11.9. The Bertz CT molecular complexity index is 1050. The lowest BCUT2D eigenvalue weighted by molar-refractivity contribution is 0.193. The SMILES string of the molecule is COc1cccc(OC)c1-n1c(NSC(C)C(C)c2cnc(C)cn2)nnc1C1CCOC1. The second-order valence-electron chi connectivity index (χ2n) is 8.09. The molecule has 3 aromatic rings. The van der Waals surface area contributed by atoms with E-state index in [0.717, 1.165) is 29.3 Å². The van der Waals surface area contributed by atoms with Crippen molar-refractivity contribution in [3.8, 4) is 17.2 Å². The van der Waals surface area contributed by atoms with Crippen molar-refractivity contribution in [1.82, 2.24) is 24.7 Å². The highest BCUT2D eigenvalue weighted by Crippen LogP contribution is 2.39. The zero-order valence-corrected chi connectivity index (χ0v) is 20.4. The molecule has 1 aliphatic heterocycles. The average Bonchev–Trinajstić information content (AvgIpc) is 3.51. The molecule has 1 saturated heterocycles. The van der Waals surface area contributed by atoms with Gasteiger partial charge < -0.3 is 14.2 Å². The topological polar surface area (TPSA) is 96.2 Å². The van der Waals surface area contributed by atoms with Crippen molar-refractivity contribution in [2.24, 2.45) is 0 Å². The van der Waals surface area contributed by atoms with Gasteiger partial charge in [-0.15, -0.1) is 10.2 Å². The van der Waals surface area contributed by atoms with Gasteiger partial charge in [0.2, 0.25) is 5.95 Å². The lowest BCUT2D eigenvalue weighted by Crippen LogP contribution is -2.15. The molecule has 4 rings (SSSR count). The summed E-state index contributed by atoms with van der Waals surface area (Å²) >= 11 is 1.57. The maximum atomic E-state index is 5.68. The predicted octanol–water partition coefficient (Wildman–Crippen LogP) is 4.14. The molecule has 3 heterocycles. The number of para-hydroxylation sites is 1. The number of hydrogen-bond acceptors (Lipinski definition) is 9. The zero-order chi connectivity index (χ0) is 23.4. The number of nitrogens with one attached hydrogen (secondary N) is 1. The van der Waals surface area contributed by atoms with Gasteiger partial charge in [-0.3, -0.25) is 19.3 Å². The molecule has 9 nitrogen and oxygen atoms in total. The quantitative estimate of drug-likeness (QED) is 0.463. The van der Waals surface area contributed by atoms with Crippen LogP contribution in [0.4, 0.5) is 5.95 Å². The Morgan fingerprint density at radius 3 is 2.48 bits per heavy atom. The van der Waals surface area contributed by atoms with Crippen molar-refractivity contribution >= 4 is 17.9 Å². The van der Waals surface area contributed by atoms with Crippen molar-refractivity contribution in [2.45, 2.75) is 44.3 Å². The van der Waals surface area contributed by atoms with E-state index in [9.17, 15) is 0 Å². The van der Waals surface area contributed by atoms with Crippen LogP contribution < -0.4 is 14.2 Å². The summed E-state index contributed by atoms with van der Waals surface area (Å²) in [6.45, 7) is 7.56. The Balaban J connectivity index is 1.65. The van der Waals surface area contributed by atoms with E-state index in [2.05, 4.69) is 38.7 Å². The third-order valence-corrected chi connectivity index (χ3v) is 7.00. The molecule has 33 heavy (non-hydrogen) atoms. The molecule has 0 bridgehead atoms. The van der Waals surface area contributed by atoms with Crippen molar-refractivity contribution in [1.29, 1.82) is 0 Å². The first-order valence-electron chi connectivity index (χ1n) is 11.0. The van der Waals surface area contributed by atoms with E-state index in [1.165, 1.54) is 0 Å². The Morgan fingerprint density at radius 2 is 1.88 bits per heavy atom. The normalized spacial score (nSPS) is 17.5. The van der Waals surface area contributed by atoms with Gasteiger partial charge in [0.05, 0.1) is 32.2 Å². The predicted molar refractivity (Wildman–Crippen MR) is 128 cm³/mol. The highest BCUT2D eigenvalue weighted by Gasteiger charge is 2.29. The maximum Gasteiger partial charge on any atom is 0.239 e. The second-order valence-corrected chi connectivity index (χ2v) is 9.27. The lowest BCUT2D eigenvalue weighted by Gasteiger charge is -2.21. The fourth-order valence-electron chi connectivity index (χ4n) is 3.76. The summed E-state index contributed by atoms with van der Waals surface area (Å²) in [4.78, 5) is 8.92. The number of aromatic nitrogens is 5. The van der Waals surface area contributed by atoms with Gasteiger partial charge in [-0.05, 0) is 37.4 Å². The van der Waals surface area contributed by atoms with Gasteiger partial charge in [-0.1, -0.05) is 19.9 Å². The van der Waals surface area contributed by atoms with E-state index in [1.807, 2.05) is 35.9 Å². The molecule has 3 atom stereocenters. The highest BCUT2D eigenvalue weighted by atomic mass is 32.2. The van der Waals surface area contributed by atoms with E-state index < -0.39 is 0 Å². The van der Waals surface area contributed by atoms with Crippen molar-refractivity contribution in [3.63, 3.8) is 0 Å². The van der Waals surface area contributed by atoms with E-state index >= 15 is 0 Å². The van der Waals surface area contributed by atoms with Crippen LogP contribution in [0.25, 0.3) is 5.69 Å². The minimum Gasteiger partial charge on any atom is -0.494 e. The lowest BCUT2D eigenvalue weighted by atomic mass is 10.1. The van der Waals surface area contributed by atoms with Crippen LogP contribution in [0.15, 0.2) is 30.6 Å². The molecule has 0 amide bonds. The van der Waals surface area contributed by atoms with E-state index in [4.69, 9.17) is 14.2 Å². The third kappa shape index (κ3) is 4.91. The van der Waals surface area contributed by atoms with Crippen LogP contribution in [0.5, 0.6) is 11.5 Å². The standard InChI is InChI=1S/C23H30N6O3S/c1-14-11-25-18(12-24-14)15(2)16(3)33-28-23-27-26-22(17-9-10-32-13-17)29(23)21-19(30-4)7-6-8-20(21)31-5/h6-8,11-12,15-17H,9-10,13H2,1-5H3,(H,27,28). The van der Waals surface area contributed by atoms with Crippen molar-refractivity contribution in [3.05, 3.63) is 47.8 Å². The first-order chi connectivity index (χ1) is 16.0. The molecule has 1 aromatic carbocycles. The van der Waals surface area contributed by atoms with E-state index in [-0.39, 0.29) is 17.1 Å². The molecule has 176 valence electrons. The maximum absolute atomic E-state index is 5.68. The number of anilines is 1. The van der Waals surface area contributed by atoms with Crippen LogP contribution in [0.2, 0.25) is 0 Å². The van der Waals surface area contributed by atoms with Gasteiger partial charge in [0, 0.05) is 36.1 Å². The monoisotopic (exact) mass is 470 g/mol. The first kappa shape index (κ1) is 23.3. The van der Waals surface area contributed by atoms with Gasteiger partial charge in [-0.2, -0.15) is 0 Å². The van der Waals surface area contributed by atoms with Crippen LogP contribution in [-0.4, -0.2) is 57.4 Å². The number of nitrogens with zero attached hydrogens (tertiary/aromatic N) is 5. The van der Waals surface area contributed by atoms with E-state index in [0.29, 0.717) is 30.7 Å². The van der Waals surface area contributed by atoms with Crippen molar-refractivity contribution < 1.29 is 14.2 Å². The van der Waals surface area contributed by atoms with Gasteiger partial charge in [0.25, 0.3) is 0 Å². The van der Waals surface area contributed by atoms with Crippen LogP contribution in [0.3, 0.4) is 0 Å². The number of ether oxygens (including phenoxy) is 3. The minimum atomic E-state index is 0.145. The van der Waals surface area contributed by atoms with Crippen LogP contribution in [0, 0.1) is 6.92 Å². The van der Waals surface area contributed by atoms with E-state index in [1.54, 1.807) is 32.4 Å². The Labute approximate surface area is 198 Å². The van der Waals surface area contributed by atoms with Crippen LogP contribution >= 0.6 is 11.9 Å². The summed E-state index contributed by atoms with van der Waals surface area (Å²) < 4.78 is 22.4. The van der Waals surface area contributed by atoms with Gasteiger partial charge in [0.15, 0.2) is 0 Å². The molecule has 3 unspecified atom stereocenters. The summed E-state index contributed by atoms with van der Waals surface area (Å²) in [5.41, 5.74) is 2.63. The highest BCUT2D eigenvalue weighted by molar-refractivity contribution is 8.01. The number of aryl methyl sites for hydroxylation is 1. The number of benzene rings is 1. The summed E-state index contributed by atoms with van der Waals surface area (Å²) in [7, 11) is 3.30. The third-order valence-electron chi connectivity index (χ3n) is 5.92. The molecule has 0 radical (unpaired) electrons. The molecule has 0 saturated carbocycles. The largest absolute Gasteiger partial charge is 0.494 e. The molecular weight excluding hydrogens is 440 g/mol. The molecule has 10 heteroatoms. The molecule has 1 aliphatic rings. The van der Waals surface area contributed by atoms with Gasteiger partial charge in [-0.25, -0.2) is 0 Å². The Morgan fingerprint density at radius 1 is 1.12 bits per heavy atom. The average molecular weight is 471 g/mol. The molecular formula is C23H30N6O3S. The fourth-order valence-corrected chi connectivity index (χ4v) is 4.53. The Hall–Kier alpha value is -2.85. The molecule has 0 aliphatic carbocycles. The fraction of sp³-hybridized carbons (Fsp3) is 0.478. The van der Waals surface area contributed by atoms with Crippen LogP contribution in [0.1, 0.15) is 49.3 Å². The number of methoxy groups -OCH3 is 2. The van der Waals surface area contributed by atoms with Crippen molar-refractivity contribution in [2.75, 3.05) is 32.2 Å². The van der Waals surface area contributed by atoms with Crippen LogP contribution in [-0.2, 0) is 4.74 Å². The zero-order valence-electron chi connectivity index (χ0n) is 19.6. The molecule has 1 N–H and O–H groups in total. The van der Waals surface area contributed by atoms with Gasteiger partial charge >= 0.3 is 0 Å². The number of hydrogen-bond donors (Lipinski definition) is 1. The molecule has 1 fully saturated rings. The smallest absolute Gasteiger partial charge is 0.239 e.